The number of ether oxygens (including phenoxy) is 2. The molecular formula is C31H32F2N4O4. The number of rotatable bonds is 9. The van der Waals surface area contributed by atoms with Gasteiger partial charge in [0.05, 0.1) is 35.3 Å². The van der Waals surface area contributed by atoms with Crippen LogP contribution in [0.25, 0.3) is 11.0 Å². The molecule has 1 N–H and O–H groups in total. The van der Waals surface area contributed by atoms with E-state index in [2.05, 4.69) is 21.4 Å². The van der Waals surface area contributed by atoms with E-state index in [0.29, 0.717) is 12.4 Å². The van der Waals surface area contributed by atoms with Gasteiger partial charge < -0.3 is 19.1 Å². The summed E-state index contributed by atoms with van der Waals surface area (Å²) >= 11 is 0. The van der Waals surface area contributed by atoms with E-state index in [0.717, 1.165) is 67.6 Å². The normalized spacial score (nSPS) is 18.8. The molecule has 4 heterocycles. The lowest BCUT2D eigenvalue weighted by molar-refractivity contribution is -0.0594. The number of aromatic nitrogens is 3. The van der Waals surface area contributed by atoms with Crippen LogP contribution in [-0.4, -0.2) is 56.3 Å². The molecule has 10 heteroatoms. The maximum absolute atomic E-state index is 14.0. The minimum Gasteiger partial charge on any atom is -0.478 e. The number of carbonyl (C=O) groups is 1. The maximum atomic E-state index is 14.0. The zero-order valence-electron chi connectivity index (χ0n) is 22.8. The van der Waals surface area contributed by atoms with Crippen molar-refractivity contribution >= 4 is 17.0 Å². The van der Waals surface area contributed by atoms with Crippen molar-refractivity contribution in [1.29, 1.82) is 0 Å². The Kier molecular flexibility index (Phi) is 7.68. The number of nitrogens with zero attached hydrogens (tertiary/aromatic N) is 4. The van der Waals surface area contributed by atoms with Crippen LogP contribution in [0.3, 0.4) is 0 Å². The minimum absolute atomic E-state index is 0.0284. The molecule has 0 spiro atoms. The van der Waals surface area contributed by atoms with Gasteiger partial charge in [-0.15, -0.1) is 0 Å². The molecule has 2 aliphatic heterocycles. The van der Waals surface area contributed by atoms with Crippen LogP contribution in [0.2, 0.25) is 0 Å². The molecule has 0 saturated carbocycles. The van der Waals surface area contributed by atoms with Crippen molar-refractivity contribution in [2.45, 2.75) is 57.4 Å². The molecule has 2 atom stereocenters. The number of halogens is 2. The Morgan fingerprint density at radius 1 is 1.10 bits per heavy atom. The van der Waals surface area contributed by atoms with Crippen molar-refractivity contribution in [2.24, 2.45) is 0 Å². The third kappa shape index (κ3) is 5.80. The Morgan fingerprint density at radius 3 is 2.61 bits per heavy atom. The van der Waals surface area contributed by atoms with E-state index in [1.807, 2.05) is 12.1 Å². The molecular weight excluding hydrogens is 530 g/mol. The Labute approximate surface area is 236 Å². The van der Waals surface area contributed by atoms with Gasteiger partial charge in [-0.1, -0.05) is 6.07 Å². The molecule has 2 aromatic carbocycles. The third-order valence-corrected chi connectivity index (χ3v) is 8.21. The summed E-state index contributed by atoms with van der Waals surface area (Å²) in [4.78, 5) is 23.7. The van der Waals surface area contributed by atoms with Crippen LogP contribution in [0, 0.1) is 11.6 Å². The summed E-state index contributed by atoms with van der Waals surface area (Å²) in [5.41, 5.74) is 3.06. The maximum Gasteiger partial charge on any atom is 0.335 e. The highest BCUT2D eigenvalue weighted by molar-refractivity contribution is 5.92. The predicted molar refractivity (Wildman–Crippen MR) is 148 cm³/mol. The van der Waals surface area contributed by atoms with E-state index in [9.17, 15) is 18.7 Å². The number of carboxylic acids is 1. The number of aromatic carboxylic acids is 1. The van der Waals surface area contributed by atoms with E-state index in [1.165, 1.54) is 12.1 Å². The van der Waals surface area contributed by atoms with Crippen molar-refractivity contribution in [2.75, 3.05) is 19.7 Å². The highest BCUT2D eigenvalue weighted by Crippen LogP contribution is 2.34. The summed E-state index contributed by atoms with van der Waals surface area (Å²) in [7, 11) is 0. The summed E-state index contributed by atoms with van der Waals surface area (Å²) < 4.78 is 40.8. The minimum atomic E-state index is -0.957. The van der Waals surface area contributed by atoms with Gasteiger partial charge in [0.15, 0.2) is 0 Å². The number of imidazole rings is 1. The third-order valence-electron chi connectivity index (χ3n) is 8.21. The van der Waals surface area contributed by atoms with Crippen LogP contribution in [0.15, 0.2) is 54.6 Å². The Bertz CT molecular complexity index is 1560. The first-order valence-electron chi connectivity index (χ1n) is 14.0. The van der Waals surface area contributed by atoms with Crippen LogP contribution < -0.4 is 4.74 Å². The predicted octanol–water partition coefficient (Wildman–Crippen LogP) is 5.72. The summed E-state index contributed by atoms with van der Waals surface area (Å²) in [6, 6.07) is 14.2. The van der Waals surface area contributed by atoms with Crippen LogP contribution in [0.1, 0.15) is 65.6 Å². The van der Waals surface area contributed by atoms with Crippen molar-refractivity contribution in [3.8, 4) is 5.88 Å². The molecule has 2 aliphatic rings. The Balaban J connectivity index is 1.14. The average molecular weight is 563 g/mol. The molecule has 6 rings (SSSR count). The topological polar surface area (TPSA) is 89.7 Å². The molecule has 1 unspecified atom stereocenters. The van der Waals surface area contributed by atoms with Crippen LogP contribution in [0.5, 0.6) is 5.88 Å². The zero-order chi connectivity index (χ0) is 28.5. The molecule has 0 amide bonds. The second-order valence-electron chi connectivity index (χ2n) is 10.8. The number of pyridine rings is 1. The smallest absolute Gasteiger partial charge is 0.335 e. The van der Waals surface area contributed by atoms with Gasteiger partial charge in [-0.3, -0.25) is 4.90 Å². The molecule has 8 nitrogen and oxygen atoms in total. The van der Waals surface area contributed by atoms with Crippen molar-refractivity contribution in [1.82, 2.24) is 19.4 Å². The summed E-state index contributed by atoms with van der Waals surface area (Å²) in [5.74, 6) is -0.637. The summed E-state index contributed by atoms with van der Waals surface area (Å²) in [6.07, 6.45) is 2.90. The highest BCUT2D eigenvalue weighted by atomic mass is 19.1. The second kappa shape index (κ2) is 11.5. The summed E-state index contributed by atoms with van der Waals surface area (Å²) in [5, 5.41) is 9.53. The van der Waals surface area contributed by atoms with Crippen molar-refractivity contribution in [3.05, 3.63) is 88.9 Å². The lowest BCUT2D eigenvalue weighted by Gasteiger charge is -2.36. The molecule has 214 valence electrons. The number of hydrogen-bond donors (Lipinski definition) is 1. The molecule has 0 bridgehead atoms. The molecule has 2 aromatic heterocycles. The lowest BCUT2D eigenvalue weighted by atomic mass is 9.92. The lowest BCUT2D eigenvalue weighted by Crippen LogP contribution is -2.37. The van der Waals surface area contributed by atoms with Gasteiger partial charge in [-0.05, 0) is 75.7 Å². The number of carboxylic acid groups (broad SMARTS) is 1. The first-order valence-corrected chi connectivity index (χ1v) is 14.0. The van der Waals surface area contributed by atoms with E-state index < -0.39 is 17.6 Å². The second-order valence-corrected chi connectivity index (χ2v) is 10.8. The standard InChI is InChI=1S/C31H32F2N4O4/c1-19(30-35-27-8-6-21(31(38)39)15-28(27)37(30)17-24-11-14-40-24)36-12-9-20(10-13-36)26-3-2-4-29(34-26)41-18-22-5-7-23(32)16-25(22)33/h2-8,15-16,19-20,24H,9-14,17-18H2,1H3,(H,38,39)/t19-,24?/m0/s1. The molecule has 41 heavy (non-hydrogen) atoms. The van der Waals surface area contributed by atoms with Crippen molar-refractivity contribution in [3.63, 3.8) is 0 Å². The van der Waals surface area contributed by atoms with Crippen LogP contribution in [-0.2, 0) is 17.9 Å². The quantitative estimate of drug-likeness (QED) is 0.279. The number of benzene rings is 2. The highest BCUT2D eigenvalue weighted by Gasteiger charge is 2.30. The monoisotopic (exact) mass is 562 g/mol. The van der Waals surface area contributed by atoms with Gasteiger partial charge in [-0.25, -0.2) is 23.5 Å². The zero-order valence-corrected chi connectivity index (χ0v) is 22.8. The van der Waals surface area contributed by atoms with Gasteiger partial charge in [0.25, 0.3) is 0 Å². The van der Waals surface area contributed by atoms with Gasteiger partial charge in [0, 0.05) is 35.9 Å². The number of hydrogen-bond acceptors (Lipinski definition) is 6. The Morgan fingerprint density at radius 2 is 1.90 bits per heavy atom. The number of likely N-dealkylation sites (tertiary alicyclic amines) is 1. The van der Waals surface area contributed by atoms with E-state index in [1.54, 1.807) is 24.3 Å². The van der Waals surface area contributed by atoms with E-state index in [4.69, 9.17) is 14.5 Å². The first kappa shape index (κ1) is 27.3. The summed E-state index contributed by atoms with van der Waals surface area (Å²) in [6.45, 7) is 5.22. The number of fused-ring (bicyclic) bond motifs is 1. The van der Waals surface area contributed by atoms with E-state index >= 15 is 0 Å². The van der Waals surface area contributed by atoms with Gasteiger partial charge in [-0.2, -0.15) is 0 Å². The fourth-order valence-corrected chi connectivity index (χ4v) is 5.69. The van der Waals surface area contributed by atoms with E-state index in [-0.39, 0.29) is 35.8 Å². The average Bonchev–Trinajstić information content (AvgIpc) is 3.32. The van der Waals surface area contributed by atoms with Crippen LogP contribution >= 0.6 is 0 Å². The SMILES string of the molecule is C[C@@H](c1nc2ccc(C(=O)O)cc2n1CC1CCO1)N1CCC(c2cccc(OCc3ccc(F)cc3F)n2)CC1. The fourth-order valence-electron chi connectivity index (χ4n) is 5.69. The number of piperidine rings is 1. The Hall–Kier alpha value is -3.89. The molecule has 4 aromatic rings. The fraction of sp³-hybridized carbons (Fsp3) is 0.387. The van der Waals surface area contributed by atoms with Gasteiger partial charge in [0.1, 0.15) is 24.1 Å². The van der Waals surface area contributed by atoms with Crippen molar-refractivity contribution < 1.29 is 28.2 Å². The molecule has 2 saturated heterocycles. The van der Waals surface area contributed by atoms with Gasteiger partial charge in [0.2, 0.25) is 5.88 Å². The largest absolute Gasteiger partial charge is 0.478 e. The first-order chi connectivity index (χ1) is 19.9. The molecule has 0 radical (unpaired) electrons. The molecule has 2 fully saturated rings. The van der Waals surface area contributed by atoms with Crippen LogP contribution in [0.4, 0.5) is 8.78 Å². The molecule has 0 aliphatic carbocycles. The van der Waals surface area contributed by atoms with Gasteiger partial charge >= 0.3 is 5.97 Å².